The molecule has 3 rings (SSSR count). The maximum absolute atomic E-state index is 12.5. The molecule has 0 aliphatic carbocycles. The third kappa shape index (κ3) is 4.09. The highest BCUT2D eigenvalue weighted by Crippen LogP contribution is 2.20. The van der Waals surface area contributed by atoms with Crippen molar-refractivity contribution in [3.8, 4) is 5.69 Å². The molecule has 144 valence electrons. The fraction of sp³-hybridized carbons (Fsp3) is 0.238. The highest BCUT2D eigenvalue weighted by molar-refractivity contribution is 5.98. The Labute approximate surface area is 163 Å². The number of para-hydroxylation sites is 2. The third-order valence-corrected chi connectivity index (χ3v) is 4.34. The average molecular weight is 378 g/mol. The second kappa shape index (κ2) is 8.04. The Hall–Kier alpha value is -3.48. The first kappa shape index (κ1) is 19.3. The first-order chi connectivity index (χ1) is 13.4. The Morgan fingerprint density at radius 1 is 0.964 bits per heavy atom. The lowest BCUT2D eigenvalue weighted by molar-refractivity contribution is -0.123. The zero-order valence-electron chi connectivity index (χ0n) is 16.3. The number of benzene rings is 2. The van der Waals surface area contributed by atoms with Crippen molar-refractivity contribution in [2.45, 2.75) is 33.8 Å². The number of hydrogen-bond donors (Lipinski definition) is 1. The maximum Gasteiger partial charge on any atom is 0.361 e. The lowest BCUT2D eigenvalue weighted by Gasteiger charge is -2.15. The number of nitrogens with zero attached hydrogens (tertiary/aromatic N) is 3. The van der Waals surface area contributed by atoms with Gasteiger partial charge in [-0.05, 0) is 51.0 Å². The number of aromatic nitrogens is 3. The summed E-state index contributed by atoms with van der Waals surface area (Å²) in [4.78, 5) is 26.3. The summed E-state index contributed by atoms with van der Waals surface area (Å²) in [6, 6.07) is 15.0. The van der Waals surface area contributed by atoms with Gasteiger partial charge in [0.05, 0.1) is 11.4 Å². The topological polar surface area (TPSA) is 86.1 Å². The summed E-state index contributed by atoms with van der Waals surface area (Å²) in [5, 5.41) is 11.3. The van der Waals surface area contributed by atoms with Crippen molar-refractivity contribution < 1.29 is 14.3 Å². The molecule has 0 saturated carbocycles. The van der Waals surface area contributed by atoms with Gasteiger partial charge in [0.25, 0.3) is 5.91 Å². The van der Waals surface area contributed by atoms with Crippen LogP contribution < -0.4 is 5.32 Å². The van der Waals surface area contributed by atoms with Gasteiger partial charge in [0.1, 0.15) is 0 Å². The predicted octanol–water partition coefficient (Wildman–Crippen LogP) is 3.38. The van der Waals surface area contributed by atoms with Crippen LogP contribution in [0.3, 0.4) is 0 Å². The maximum atomic E-state index is 12.5. The molecule has 2 aromatic carbocycles. The molecule has 0 spiro atoms. The molecule has 1 heterocycles. The molecule has 0 bridgehead atoms. The summed E-state index contributed by atoms with van der Waals surface area (Å²) >= 11 is 0. The summed E-state index contributed by atoms with van der Waals surface area (Å²) in [6.07, 6.45) is -0.979. The Morgan fingerprint density at radius 2 is 1.61 bits per heavy atom. The highest BCUT2D eigenvalue weighted by Gasteiger charge is 2.24. The number of aryl methyl sites for hydroxylation is 3. The molecule has 0 aliphatic rings. The minimum atomic E-state index is -0.979. The van der Waals surface area contributed by atoms with Crippen molar-refractivity contribution in [1.29, 1.82) is 0 Å². The predicted molar refractivity (Wildman–Crippen MR) is 106 cm³/mol. The molecule has 1 N–H and O–H groups in total. The van der Waals surface area contributed by atoms with Crippen LogP contribution in [-0.2, 0) is 9.53 Å². The van der Waals surface area contributed by atoms with Gasteiger partial charge in [0.15, 0.2) is 11.8 Å². The molecular formula is C21H22N4O3. The molecule has 1 unspecified atom stereocenters. The van der Waals surface area contributed by atoms with E-state index in [2.05, 4.69) is 15.5 Å². The van der Waals surface area contributed by atoms with Crippen LogP contribution in [0.5, 0.6) is 0 Å². The molecule has 1 atom stereocenters. The van der Waals surface area contributed by atoms with Gasteiger partial charge in [-0.2, -0.15) is 9.90 Å². The van der Waals surface area contributed by atoms with Crippen molar-refractivity contribution in [2.75, 3.05) is 5.32 Å². The van der Waals surface area contributed by atoms with Gasteiger partial charge in [-0.3, -0.25) is 4.79 Å². The van der Waals surface area contributed by atoms with Crippen LogP contribution in [0.1, 0.15) is 34.2 Å². The van der Waals surface area contributed by atoms with Gasteiger partial charge in [-0.25, -0.2) is 4.79 Å². The van der Waals surface area contributed by atoms with Crippen LogP contribution in [0.2, 0.25) is 0 Å². The third-order valence-electron chi connectivity index (χ3n) is 4.34. The standard InChI is InChI=1S/C21H22N4O3/c1-13-9-8-10-14(2)18(13)22-20(26)16(4)28-21(27)19-15(3)23-25(24-19)17-11-6-5-7-12-17/h5-12,16H,1-4H3,(H,22,26). The number of esters is 1. The van der Waals surface area contributed by atoms with Crippen LogP contribution in [0, 0.1) is 20.8 Å². The summed E-state index contributed by atoms with van der Waals surface area (Å²) in [5.74, 6) is -1.09. The van der Waals surface area contributed by atoms with Gasteiger partial charge in [0, 0.05) is 5.69 Å². The SMILES string of the molecule is Cc1cccc(C)c1NC(=O)C(C)OC(=O)c1nn(-c2ccccc2)nc1C. The Kier molecular flexibility index (Phi) is 5.54. The van der Waals surface area contributed by atoms with Crippen LogP contribution in [0.25, 0.3) is 5.69 Å². The van der Waals surface area contributed by atoms with Crippen molar-refractivity contribution >= 4 is 17.6 Å². The molecule has 0 aliphatic heterocycles. The van der Waals surface area contributed by atoms with E-state index in [9.17, 15) is 9.59 Å². The number of nitrogens with one attached hydrogen (secondary N) is 1. The highest BCUT2D eigenvalue weighted by atomic mass is 16.5. The van der Waals surface area contributed by atoms with Crippen molar-refractivity contribution in [3.05, 3.63) is 71.0 Å². The van der Waals surface area contributed by atoms with E-state index in [-0.39, 0.29) is 5.69 Å². The number of anilines is 1. The smallest absolute Gasteiger partial charge is 0.361 e. The van der Waals surface area contributed by atoms with Gasteiger partial charge in [-0.15, -0.1) is 5.10 Å². The van der Waals surface area contributed by atoms with E-state index in [1.165, 1.54) is 11.7 Å². The fourth-order valence-corrected chi connectivity index (χ4v) is 2.75. The van der Waals surface area contributed by atoms with E-state index in [4.69, 9.17) is 4.74 Å². The van der Waals surface area contributed by atoms with Crippen LogP contribution in [-0.4, -0.2) is 33.0 Å². The second-order valence-electron chi connectivity index (χ2n) is 6.56. The largest absolute Gasteiger partial charge is 0.448 e. The monoisotopic (exact) mass is 378 g/mol. The zero-order valence-corrected chi connectivity index (χ0v) is 16.3. The molecule has 0 fully saturated rings. The van der Waals surface area contributed by atoms with Crippen LogP contribution in [0.15, 0.2) is 48.5 Å². The normalized spacial score (nSPS) is 11.7. The molecule has 0 radical (unpaired) electrons. The summed E-state index contributed by atoms with van der Waals surface area (Å²) in [5.41, 5.74) is 3.83. The minimum Gasteiger partial charge on any atom is -0.448 e. The van der Waals surface area contributed by atoms with E-state index >= 15 is 0 Å². The minimum absolute atomic E-state index is 0.0792. The molecular weight excluding hydrogens is 356 g/mol. The fourth-order valence-electron chi connectivity index (χ4n) is 2.75. The van der Waals surface area contributed by atoms with Crippen molar-refractivity contribution in [1.82, 2.24) is 15.0 Å². The Bertz CT molecular complexity index is 991. The van der Waals surface area contributed by atoms with E-state index in [1.807, 2.05) is 62.4 Å². The van der Waals surface area contributed by atoms with Crippen molar-refractivity contribution in [2.24, 2.45) is 0 Å². The molecule has 7 nitrogen and oxygen atoms in total. The lowest BCUT2D eigenvalue weighted by Crippen LogP contribution is -2.30. The van der Waals surface area contributed by atoms with E-state index in [1.54, 1.807) is 6.92 Å². The molecule has 7 heteroatoms. The number of ether oxygens (including phenoxy) is 1. The van der Waals surface area contributed by atoms with Crippen LogP contribution in [0.4, 0.5) is 5.69 Å². The van der Waals surface area contributed by atoms with Gasteiger partial charge in [0.2, 0.25) is 0 Å². The van der Waals surface area contributed by atoms with Gasteiger partial charge < -0.3 is 10.1 Å². The summed E-state index contributed by atoms with van der Waals surface area (Å²) in [7, 11) is 0. The molecule has 1 aromatic heterocycles. The zero-order chi connectivity index (χ0) is 20.3. The number of rotatable bonds is 5. The Balaban J connectivity index is 1.71. The van der Waals surface area contributed by atoms with E-state index in [0.29, 0.717) is 5.69 Å². The van der Waals surface area contributed by atoms with E-state index in [0.717, 1.165) is 22.5 Å². The molecule has 1 amide bonds. The molecule has 3 aromatic rings. The van der Waals surface area contributed by atoms with Gasteiger partial charge in [-0.1, -0.05) is 36.4 Å². The number of hydrogen-bond acceptors (Lipinski definition) is 5. The number of carbonyl (C=O) groups is 2. The number of amides is 1. The summed E-state index contributed by atoms with van der Waals surface area (Å²) in [6.45, 7) is 7.01. The average Bonchev–Trinajstić information content (AvgIpc) is 3.07. The Morgan fingerprint density at radius 3 is 2.25 bits per heavy atom. The summed E-state index contributed by atoms with van der Waals surface area (Å²) < 4.78 is 5.31. The quantitative estimate of drug-likeness (QED) is 0.688. The molecule has 28 heavy (non-hydrogen) atoms. The lowest BCUT2D eigenvalue weighted by atomic mass is 10.1. The molecule has 0 saturated heterocycles. The first-order valence-corrected chi connectivity index (χ1v) is 8.94. The first-order valence-electron chi connectivity index (χ1n) is 8.94. The second-order valence-corrected chi connectivity index (χ2v) is 6.56. The number of carbonyl (C=O) groups excluding carboxylic acids is 2. The van der Waals surface area contributed by atoms with Crippen LogP contribution >= 0.6 is 0 Å². The van der Waals surface area contributed by atoms with E-state index < -0.39 is 18.0 Å². The van der Waals surface area contributed by atoms with Gasteiger partial charge >= 0.3 is 5.97 Å². The van der Waals surface area contributed by atoms with Crippen molar-refractivity contribution in [3.63, 3.8) is 0 Å².